The molecule has 1 aliphatic rings. The quantitative estimate of drug-likeness (QED) is 0.865. The first-order valence-corrected chi connectivity index (χ1v) is 6.69. The molecule has 0 aromatic heterocycles. The Morgan fingerprint density at radius 3 is 2.05 bits per heavy atom. The Hall–Kier alpha value is -2.42. The average Bonchev–Trinajstić information content (AvgIpc) is 2.75. The Morgan fingerprint density at radius 1 is 0.800 bits per heavy atom. The van der Waals surface area contributed by atoms with Crippen LogP contribution < -0.4 is 5.32 Å². The summed E-state index contributed by atoms with van der Waals surface area (Å²) < 4.78 is 0. The molecule has 1 saturated heterocycles. The number of amides is 2. The molecule has 2 amide bonds. The number of hydrogen-bond acceptors (Lipinski definition) is 2. The van der Waals surface area contributed by atoms with Gasteiger partial charge in [0, 0.05) is 0 Å². The number of rotatable bonds is 3. The smallest absolute Gasteiger partial charge is 0.234 e. The largest absolute Gasteiger partial charge is 0.296 e. The summed E-state index contributed by atoms with van der Waals surface area (Å²) in [5.74, 6) is -1.08. The molecule has 100 valence electrons. The van der Waals surface area contributed by atoms with Crippen molar-refractivity contribution in [3.63, 3.8) is 0 Å². The molecule has 2 aromatic rings. The fourth-order valence-electron chi connectivity index (χ4n) is 2.75. The van der Waals surface area contributed by atoms with Crippen LogP contribution in [0.2, 0.25) is 0 Å². The molecular weight excluding hydrogens is 250 g/mol. The first-order chi connectivity index (χ1) is 9.75. The number of carbonyl (C=O) groups excluding carboxylic acids is 2. The Bertz CT molecular complexity index is 622. The minimum atomic E-state index is -0.385. The lowest BCUT2D eigenvalue weighted by molar-refractivity contribution is -0.125. The predicted molar refractivity (Wildman–Crippen MR) is 76.0 cm³/mol. The number of imide groups is 1. The Morgan fingerprint density at radius 2 is 1.40 bits per heavy atom. The van der Waals surface area contributed by atoms with Crippen LogP contribution in [0.25, 0.3) is 0 Å². The summed E-state index contributed by atoms with van der Waals surface area (Å²) in [5, 5.41) is 2.46. The minimum Gasteiger partial charge on any atom is -0.296 e. The van der Waals surface area contributed by atoms with Crippen LogP contribution in [-0.2, 0) is 16.0 Å². The van der Waals surface area contributed by atoms with E-state index in [2.05, 4.69) is 5.32 Å². The Balaban J connectivity index is 1.91. The SMILES string of the molecule is O=C1NC(=O)[C@H](c2ccccc2)[C@@H]1Cc1ccccc1. The lowest BCUT2D eigenvalue weighted by atomic mass is 9.84. The second-order valence-corrected chi connectivity index (χ2v) is 5.04. The van der Waals surface area contributed by atoms with E-state index in [-0.39, 0.29) is 23.7 Å². The van der Waals surface area contributed by atoms with Gasteiger partial charge in [0.25, 0.3) is 0 Å². The average molecular weight is 265 g/mol. The zero-order valence-electron chi connectivity index (χ0n) is 11.0. The van der Waals surface area contributed by atoms with Crippen molar-refractivity contribution in [2.24, 2.45) is 5.92 Å². The molecule has 3 rings (SSSR count). The molecule has 20 heavy (non-hydrogen) atoms. The van der Waals surface area contributed by atoms with Crippen molar-refractivity contribution in [3.8, 4) is 0 Å². The molecule has 2 aromatic carbocycles. The Labute approximate surface area is 117 Å². The van der Waals surface area contributed by atoms with E-state index < -0.39 is 0 Å². The van der Waals surface area contributed by atoms with Gasteiger partial charge in [-0.1, -0.05) is 60.7 Å². The third kappa shape index (κ3) is 2.35. The summed E-state index contributed by atoms with van der Waals surface area (Å²) in [6, 6.07) is 19.3. The Kier molecular flexibility index (Phi) is 3.33. The second-order valence-electron chi connectivity index (χ2n) is 5.04. The van der Waals surface area contributed by atoms with Gasteiger partial charge in [0.05, 0.1) is 11.8 Å². The molecule has 0 bridgehead atoms. The van der Waals surface area contributed by atoms with E-state index in [4.69, 9.17) is 0 Å². The first kappa shape index (κ1) is 12.6. The van der Waals surface area contributed by atoms with Crippen molar-refractivity contribution < 1.29 is 9.59 Å². The fraction of sp³-hybridized carbons (Fsp3) is 0.176. The molecule has 0 spiro atoms. The molecule has 1 aliphatic heterocycles. The zero-order valence-corrected chi connectivity index (χ0v) is 11.0. The van der Waals surface area contributed by atoms with Gasteiger partial charge < -0.3 is 0 Å². The lowest BCUT2D eigenvalue weighted by Crippen LogP contribution is -2.22. The summed E-state index contributed by atoms with van der Waals surface area (Å²) in [7, 11) is 0. The van der Waals surface area contributed by atoms with Crippen LogP contribution in [0.15, 0.2) is 60.7 Å². The van der Waals surface area contributed by atoms with Crippen molar-refractivity contribution in [2.75, 3.05) is 0 Å². The molecule has 1 fully saturated rings. The van der Waals surface area contributed by atoms with Gasteiger partial charge in [-0.2, -0.15) is 0 Å². The summed E-state index contributed by atoms with van der Waals surface area (Å²) in [5.41, 5.74) is 1.97. The topological polar surface area (TPSA) is 46.2 Å². The van der Waals surface area contributed by atoms with E-state index in [0.29, 0.717) is 6.42 Å². The molecule has 0 saturated carbocycles. The molecule has 0 aliphatic carbocycles. The third-order valence-corrected chi connectivity index (χ3v) is 3.73. The van der Waals surface area contributed by atoms with Crippen LogP contribution in [0.4, 0.5) is 0 Å². The van der Waals surface area contributed by atoms with Crippen molar-refractivity contribution in [2.45, 2.75) is 12.3 Å². The van der Waals surface area contributed by atoms with E-state index in [0.717, 1.165) is 11.1 Å². The number of benzene rings is 2. The molecule has 1 N–H and O–H groups in total. The number of nitrogens with one attached hydrogen (secondary N) is 1. The van der Waals surface area contributed by atoms with E-state index in [9.17, 15) is 9.59 Å². The normalized spacial score (nSPS) is 21.8. The van der Waals surface area contributed by atoms with Gasteiger partial charge in [0.2, 0.25) is 11.8 Å². The molecule has 3 nitrogen and oxygen atoms in total. The highest BCUT2D eigenvalue weighted by Crippen LogP contribution is 2.32. The molecule has 0 unspecified atom stereocenters. The van der Waals surface area contributed by atoms with Crippen molar-refractivity contribution in [1.82, 2.24) is 5.32 Å². The maximum absolute atomic E-state index is 12.1. The highest BCUT2D eigenvalue weighted by Gasteiger charge is 2.42. The van der Waals surface area contributed by atoms with Gasteiger partial charge in [0.15, 0.2) is 0 Å². The third-order valence-electron chi connectivity index (χ3n) is 3.73. The second kappa shape index (κ2) is 5.29. The monoisotopic (exact) mass is 265 g/mol. The molecular formula is C17H15NO2. The summed E-state index contributed by atoms with van der Waals surface area (Å²) in [4.78, 5) is 24.1. The van der Waals surface area contributed by atoms with Crippen LogP contribution in [-0.4, -0.2) is 11.8 Å². The van der Waals surface area contributed by atoms with Gasteiger partial charge in [-0.15, -0.1) is 0 Å². The fourth-order valence-corrected chi connectivity index (χ4v) is 2.75. The number of carbonyl (C=O) groups is 2. The summed E-state index contributed by atoms with van der Waals surface area (Å²) in [6.07, 6.45) is 0.581. The lowest BCUT2D eigenvalue weighted by Gasteiger charge is -2.15. The van der Waals surface area contributed by atoms with Gasteiger partial charge >= 0.3 is 0 Å². The minimum absolute atomic E-state index is 0.173. The van der Waals surface area contributed by atoms with Crippen LogP contribution >= 0.6 is 0 Å². The van der Waals surface area contributed by atoms with E-state index in [1.165, 1.54) is 0 Å². The van der Waals surface area contributed by atoms with E-state index in [1.54, 1.807) is 0 Å². The maximum atomic E-state index is 12.1. The highest BCUT2D eigenvalue weighted by atomic mass is 16.2. The highest BCUT2D eigenvalue weighted by molar-refractivity contribution is 6.07. The first-order valence-electron chi connectivity index (χ1n) is 6.69. The zero-order chi connectivity index (χ0) is 13.9. The van der Waals surface area contributed by atoms with Crippen LogP contribution in [0.3, 0.4) is 0 Å². The van der Waals surface area contributed by atoms with Crippen molar-refractivity contribution in [3.05, 3.63) is 71.8 Å². The molecule has 1 heterocycles. The maximum Gasteiger partial charge on any atom is 0.234 e. The van der Waals surface area contributed by atoms with Crippen molar-refractivity contribution in [1.29, 1.82) is 0 Å². The summed E-state index contributed by atoms with van der Waals surface area (Å²) >= 11 is 0. The number of hydrogen-bond donors (Lipinski definition) is 1. The van der Waals surface area contributed by atoms with Crippen molar-refractivity contribution >= 4 is 11.8 Å². The predicted octanol–water partition coefficient (Wildman–Crippen LogP) is 2.29. The molecule has 3 heteroatoms. The molecule has 0 radical (unpaired) electrons. The van der Waals surface area contributed by atoms with Crippen LogP contribution in [0, 0.1) is 5.92 Å². The van der Waals surface area contributed by atoms with E-state index >= 15 is 0 Å². The molecule has 2 atom stereocenters. The standard InChI is InChI=1S/C17H15NO2/c19-16-14(11-12-7-3-1-4-8-12)15(17(20)18-16)13-9-5-2-6-10-13/h1-10,14-15H,11H2,(H,18,19,20)/t14-,15+/m0/s1. The van der Waals surface area contributed by atoms with Gasteiger partial charge in [0.1, 0.15) is 0 Å². The summed E-state index contributed by atoms with van der Waals surface area (Å²) in [6.45, 7) is 0. The van der Waals surface area contributed by atoms with Crippen LogP contribution in [0.5, 0.6) is 0 Å². The van der Waals surface area contributed by atoms with Gasteiger partial charge in [-0.25, -0.2) is 0 Å². The van der Waals surface area contributed by atoms with E-state index in [1.807, 2.05) is 60.7 Å². The van der Waals surface area contributed by atoms with Gasteiger partial charge in [-0.05, 0) is 17.5 Å². The van der Waals surface area contributed by atoms with Crippen LogP contribution in [0.1, 0.15) is 17.0 Å². The van der Waals surface area contributed by atoms with Gasteiger partial charge in [-0.3, -0.25) is 14.9 Å².